The van der Waals surface area contributed by atoms with Crippen molar-refractivity contribution in [2.75, 3.05) is 11.9 Å². The molecule has 3 rings (SSSR count). The molecule has 3 aromatic rings. The van der Waals surface area contributed by atoms with Gasteiger partial charge in [-0.25, -0.2) is 4.79 Å². The number of aryl methyl sites for hydroxylation is 1. The van der Waals surface area contributed by atoms with Crippen molar-refractivity contribution in [3.05, 3.63) is 89.5 Å². The Hall–Kier alpha value is -3.91. The summed E-state index contributed by atoms with van der Waals surface area (Å²) in [6, 6.07) is 23.5. The molecule has 0 atom stereocenters. The summed E-state index contributed by atoms with van der Waals surface area (Å²) in [6.45, 7) is 1.60. The van der Waals surface area contributed by atoms with Crippen LogP contribution in [0.1, 0.15) is 28.4 Å². The van der Waals surface area contributed by atoms with Crippen LogP contribution in [0.5, 0.6) is 0 Å². The summed E-state index contributed by atoms with van der Waals surface area (Å²) < 4.78 is 5.24. The lowest BCUT2D eigenvalue weighted by Gasteiger charge is -2.12. The van der Waals surface area contributed by atoms with Crippen molar-refractivity contribution in [1.82, 2.24) is 0 Å². The third-order valence-electron chi connectivity index (χ3n) is 4.49. The summed E-state index contributed by atoms with van der Waals surface area (Å²) >= 11 is 0. The number of ether oxygens (including phenoxy) is 1. The van der Waals surface area contributed by atoms with Gasteiger partial charge in [-0.3, -0.25) is 4.79 Å². The number of amides is 1. The number of hydrogen-bond acceptors (Lipinski definition) is 4. The molecule has 5 nitrogen and oxygen atoms in total. The zero-order valence-electron chi connectivity index (χ0n) is 16.0. The first-order valence-electron chi connectivity index (χ1n) is 9.27. The number of carbonyl (C=O) groups is 2. The molecule has 144 valence electrons. The average Bonchev–Trinajstić information content (AvgIpc) is 2.77. The molecule has 0 unspecified atom stereocenters. The van der Waals surface area contributed by atoms with Gasteiger partial charge in [-0.2, -0.15) is 5.26 Å². The number of hydrogen-bond donors (Lipinski definition) is 1. The standard InChI is InChI=1S/C24H20N2O3/c1-2-17-9-4-8-14-22(17)26-23(27)16-29-24(28)21-13-7-6-12-20(21)19-11-5-3-10-18(19)15-25/h3-14H,2,16H2,1H3,(H,26,27). The van der Waals surface area contributed by atoms with Gasteiger partial charge in [0.05, 0.1) is 17.2 Å². The number of carbonyl (C=O) groups excluding carboxylic acids is 2. The maximum absolute atomic E-state index is 12.6. The third-order valence-corrected chi connectivity index (χ3v) is 4.49. The van der Waals surface area contributed by atoms with Crippen LogP contribution in [0.2, 0.25) is 0 Å². The second kappa shape index (κ2) is 9.34. The quantitative estimate of drug-likeness (QED) is 0.631. The van der Waals surface area contributed by atoms with Crippen molar-refractivity contribution in [3.63, 3.8) is 0 Å². The number of nitrogens with one attached hydrogen (secondary N) is 1. The normalized spacial score (nSPS) is 10.1. The van der Waals surface area contributed by atoms with Crippen LogP contribution in [0.4, 0.5) is 5.69 Å². The highest BCUT2D eigenvalue weighted by Gasteiger charge is 2.17. The van der Waals surface area contributed by atoms with E-state index in [-0.39, 0.29) is 0 Å². The summed E-state index contributed by atoms with van der Waals surface area (Å²) in [5, 5.41) is 12.1. The van der Waals surface area contributed by atoms with E-state index in [4.69, 9.17) is 4.74 Å². The number of rotatable bonds is 6. The van der Waals surface area contributed by atoms with Gasteiger partial charge in [-0.05, 0) is 35.7 Å². The molecular weight excluding hydrogens is 364 g/mol. The van der Waals surface area contributed by atoms with E-state index in [0.717, 1.165) is 12.0 Å². The van der Waals surface area contributed by atoms with E-state index in [9.17, 15) is 14.9 Å². The van der Waals surface area contributed by atoms with Crippen LogP contribution in [0.15, 0.2) is 72.8 Å². The molecule has 0 bridgehead atoms. The number of anilines is 1. The second-order valence-electron chi connectivity index (χ2n) is 6.34. The highest BCUT2D eigenvalue weighted by Crippen LogP contribution is 2.27. The molecule has 0 aromatic heterocycles. The second-order valence-corrected chi connectivity index (χ2v) is 6.34. The molecule has 0 aliphatic heterocycles. The largest absolute Gasteiger partial charge is 0.452 e. The molecule has 5 heteroatoms. The molecule has 3 aromatic carbocycles. The number of nitrogens with zero attached hydrogens (tertiary/aromatic N) is 1. The molecular formula is C24H20N2O3. The number of esters is 1. The van der Waals surface area contributed by atoms with Crippen LogP contribution in [0.3, 0.4) is 0 Å². The number of benzene rings is 3. The Labute approximate surface area is 169 Å². The van der Waals surface area contributed by atoms with Gasteiger partial charge in [0.2, 0.25) is 0 Å². The summed E-state index contributed by atoms with van der Waals surface area (Å²) in [5.74, 6) is -1.03. The molecule has 0 spiro atoms. The van der Waals surface area contributed by atoms with Crippen LogP contribution in [-0.4, -0.2) is 18.5 Å². The van der Waals surface area contributed by atoms with Gasteiger partial charge >= 0.3 is 5.97 Å². The first-order valence-corrected chi connectivity index (χ1v) is 9.27. The lowest BCUT2D eigenvalue weighted by molar-refractivity contribution is -0.119. The average molecular weight is 384 g/mol. The molecule has 0 fully saturated rings. The molecule has 0 saturated heterocycles. The minimum Gasteiger partial charge on any atom is -0.452 e. The Balaban J connectivity index is 1.74. The monoisotopic (exact) mass is 384 g/mol. The van der Waals surface area contributed by atoms with Gasteiger partial charge < -0.3 is 10.1 Å². The van der Waals surface area contributed by atoms with E-state index < -0.39 is 18.5 Å². The van der Waals surface area contributed by atoms with Crippen molar-refractivity contribution < 1.29 is 14.3 Å². The lowest BCUT2D eigenvalue weighted by Crippen LogP contribution is -2.21. The highest BCUT2D eigenvalue weighted by atomic mass is 16.5. The van der Waals surface area contributed by atoms with Crippen molar-refractivity contribution in [2.45, 2.75) is 13.3 Å². The van der Waals surface area contributed by atoms with E-state index in [1.807, 2.05) is 31.2 Å². The minimum absolute atomic E-state index is 0.303. The zero-order chi connectivity index (χ0) is 20.6. The molecule has 1 amide bonds. The smallest absolute Gasteiger partial charge is 0.339 e. The summed E-state index contributed by atoms with van der Waals surface area (Å²) in [4.78, 5) is 24.9. The molecule has 0 saturated carbocycles. The first kappa shape index (κ1) is 19.8. The third kappa shape index (κ3) is 4.69. The maximum atomic E-state index is 12.6. The fourth-order valence-corrected chi connectivity index (χ4v) is 3.06. The van der Waals surface area contributed by atoms with Crippen LogP contribution in [-0.2, 0) is 16.0 Å². The minimum atomic E-state index is -0.618. The lowest BCUT2D eigenvalue weighted by atomic mass is 9.96. The van der Waals surface area contributed by atoms with E-state index in [2.05, 4.69) is 11.4 Å². The summed E-state index contributed by atoms with van der Waals surface area (Å²) in [6.07, 6.45) is 0.780. The Morgan fingerprint density at radius 1 is 0.931 bits per heavy atom. The Morgan fingerprint density at radius 3 is 2.34 bits per heavy atom. The predicted molar refractivity (Wildman–Crippen MR) is 111 cm³/mol. The first-order chi connectivity index (χ1) is 14.1. The van der Waals surface area contributed by atoms with Crippen molar-refractivity contribution in [3.8, 4) is 17.2 Å². The molecule has 0 radical (unpaired) electrons. The molecule has 1 N–H and O–H groups in total. The van der Waals surface area contributed by atoms with Crippen LogP contribution < -0.4 is 5.32 Å². The van der Waals surface area contributed by atoms with Gasteiger partial charge in [-0.1, -0.05) is 61.5 Å². The summed E-state index contributed by atoms with van der Waals surface area (Å²) in [5.41, 5.74) is 3.71. The maximum Gasteiger partial charge on any atom is 0.339 e. The molecule has 0 heterocycles. The number of nitriles is 1. The molecule has 29 heavy (non-hydrogen) atoms. The Kier molecular flexibility index (Phi) is 6.39. The van der Waals surface area contributed by atoms with Crippen molar-refractivity contribution in [2.24, 2.45) is 0 Å². The van der Waals surface area contributed by atoms with Gasteiger partial charge in [0.1, 0.15) is 0 Å². The Bertz CT molecular complexity index is 1080. The summed E-state index contributed by atoms with van der Waals surface area (Å²) in [7, 11) is 0. The van der Waals surface area contributed by atoms with E-state index in [1.165, 1.54) is 0 Å². The zero-order valence-corrected chi connectivity index (χ0v) is 16.0. The van der Waals surface area contributed by atoms with E-state index >= 15 is 0 Å². The van der Waals surface area contributed by atoms with Crippen LogP contribution >= 0.6 is 0 Å². The van der Waals surface area contributed by atoms with Crippen LogP contribution in [0, 0.1) is 11.3 Å². The fourth-order valence-electron chi connectivity index (χ4n) is 3.06. The van der Waals surface area contributed by atoms with Gasteiger partial charge in [-0.15, -0.1) is 0 Å². The van der Waals surface area contributed by atoms with Gasteiger partial charge in [0.25, 0.3) is 5.91 Å². The topological polar surface area (TPSA) is 79.2 Å². The van der Waals surface area contributed by atoms with Crippen LogP contribution in [0.25, 0.3) is 11.1 Å². The van der Waals surface area contributed by atoms with Crippen molar-refractivity contribution in [1.29, 1.82) is 5.26 Å². The SMILES string of the molecule is CCc1ccccc1NC(=O)COC(=O)c1ccccc1-c1ccccc1C#N. The highest BCUT2D eigenvalue weighted by molar-refractivity contribution is 6.00. The fraction of sp³-hybridized carbons (Fsp3) is 0.125. The van der Waals surface area contributed by atoms with Gasteiger partial charge in [0, 0.05) is 11.3 Å². The molecule has 0 aliphatic rings. The Morgan fingerprint density at radius 2 is 1.59 bits per heavy atom. The molecule has 0 aliphatic carbocycles. The van der Waals surface area contributed by atoms with Crippen molar-refractivity contribution >= 4 is 17.6 Å². The predicted octanol–water partition coefficient (Wildman–Crippen LogP) is 4.58. The van der Waals surface area contributed by atoms with Gasteiger partial charge in [0.15, 0.2) is 6.61 Å². The van der Waals surface area contributed by atoms with E-state index in [0.29, 0.717) is 27.9 Å². The number of para-hydroxylation sites is 1. The van der Waals surface area contributed by atoms with E-state index in [1.54, 1.807) is 48.5 Å².